The number of carbonyl (C=O) groups is 2. The SMILES string of the molecule is Cc1ccc(C(=O)NCCc2cccs2)cc1C(=O)Nc1ccc(N)nc1. The van der Waals surface area contributed by atoms with E-state index in [0.717, 1.165) is 12.0 Å². The van der Waals surface area contributed by atoms with Crippen LogP contribution in [0.2, 0.25) is 0 Å². The fourth-order valence-electron chi connectivity index (χ4n) is 2.54. The van der Waals surface area contributed by atoms with E-state index in [9.17, 15) is 9.59 Å². The van der Waals surface area contributed by atoms with E-state index in [0.29, 0.717) is 29.2 Å². The Hall–Kier alpha value is -3.19. The molecule has 0 aliphatic rings. The lowest BCUT2D eigenvalue weighted by molar-refractivity contribution is 0.0954. The molecule has 4 N–H and O–H groups in total. The van der Waals surface area contributed by atoms with Crippen LogP contribution in [-0.4, -0.2) is 23.3 Å². The van der Waals surface area contributed by atoms with Crippen molar-refractivity contribution in [1.82, 2.24) is 10.3 Å². The van der Waals surface area contributed by atoms with Crippen molar-refractivity contribution in [2.24, 2.45) is 0 Å². The first kappa shape index (κ1) is 18.6. The minimum Gasteiger partial charge on any atom is -0.384 e. The molecule has 0 aliphatic carbocycles. The number of nitrogens with zero attached hydrogens (tertiary/aromatic N) is 1. The number of thiophene rings is 1. The molecule has 1 aromatic carbocycles. The van der Waals surface area contributed by atoms with E-state index >= 15 is 0 Å². The quantitative estimate of drug-likeness (QED) is 0.611. The highest BCUT2D eigenvalue weighted by atomic mass is 32.1. The van der Waals surface area contributed by atoms with E-state index in [1.807, 2.05) is 24.4 Å². The summed E-state index contributed by atoms with van der Waals surface area (Å²) in [6, 6.07) is 12.4. The molecular formula is C20H20N4O2S. The number of hydrogen-bond donors (Lipinski definition) is 3. The van der Waals surface area contributed by atoms with Gasteiger partial charge >= 0.3 is 0 Å². The Kier molecular flexibility index (Phi) is 5.83. The number of nitrogens with one attached hydrogen (secondary N) is 2. The average Bonchev–Trinajstić information content (AvgIpc) is 3.17. The van der Waals surface area contributed by atoms with Crippen molar-refractivity contribution in [3.05, 3.63) is 75.6 Å². The van der Waals surface area contributed by atoms with Gasteiger partial charge < -0.3 is 16.4 Å². The Morgan fingerprint density at radius 3 is 2.70 bits per heavy atom. The fourth-order valence-corrected chi connectivity index (χ4v) is 3.25. The summed E-state index contributed by atoms with van der Waals surface area (Å²) in [4.78, 5) is 30.1. The third-order valence-electron chi connectivity index (χ3n) is 4.03. The lowest BCUT2D eigenvalue weighted by Gasteiger charge is -2.10. The van der Waals surface area contributed by atoms with Crippen molar-refractivity contribution >= 4 is 34.7 Å². The summed E-state index contributed by atoms with van der Waals surface area (Å²) in [7, 11) is 0. The molecule has 0 atom stereocenters. The lowest BCUT2D eigenvalue weighted by atomic mass is 10.0. The minimum atomic E-state index is -0.299. The van der Waals surface area contributed by atoms with Gasteiger partial charge in [-0.25, -0.2) is 4.98 Å². The third kappa shape index (κ3) is 4.92. The highest BCUT2D eigenvalue weighted by molar-refractivity contribution is 7.09. The van der Waals surface area contributed by atoms with Gasteiger partial charge in [0.15, 0.2) is 0 Å². The van der Waals surface area contributed by atoms with Crippen LogP contribution in [0.3, 0.4) is 0 Å². The summed E-state index contributed by atoms with van der Waals surface area (Å²) in [5, 5.41) is 7.67. The number of amides is 2. The standard InChI is InChI=1S/C20H20N4O2S/c1-13-4-5-14(19(25)22-9-8-16-3-2-10-27-16)11-17(13)20(26)24-15-6-7-18(21)23-12-15/h2-7,10-12H,8-9H2,1H3,(H2,21,23)(H,22,25)(H,24,26). The predicted molar refractivity (Wildman–Crippen MR) is 108 cm³/mol. The first-order valence-electron chi connectivity index (χ1n) is 8.47. The molecule has 3 rings (SSSR count). The molecule has 0 radical (unpaired) electrons. The molecule has 3 aromatic rings. The third-order valence-corrected chi connectivity index (χ3v) is 4.96. The van der Waals surface area contributed by atoms with Crippen molar-refractivity contribution in [2.45, 2.75) is 13.3 Å². The molecule has 2 heterocycles. The summed E-state index contributed by atoms with van der Waals surface area (Å²) in [6.07, 6.45) is 2.27. The monoisotopic (exact) mass is 380 g/mol. The van der Waals surface area contributed by atoms with Crippen LogP contribution in [0.5, 0.6) is 0 Å². The topological polar surface area (TPSA) is 97.1 Å². The average molecular weight is 380 g/mol. The molecule has 2 aromatic heterocycles. The normalized spacial score (nSPS) is 10.4. The van der Waals surface area contributed by atoms with Gasteiger partial charge in [0.05, 0.1) is 11.9 Å². The zero-order valence-electron chi connectivity index (χ0n) is 14.9. The number of carbonyl (C=O) groups excluding carboxylic acids is 2. The van der Waals surface area contributed by atoms with E-state index in [1.54, 1.807) is 41.7 Å². The molecule has 0 aliphatic heterocycles. The molecule has 138 valence electrons. The Morgan fingerprint density at radius 2 is 2.00 bits per heavy atom. The van der Waals surface area contributed by atoms with Crippen LogP contribution in [0.25, 0.3) is 0 Å². The zero-order chi connectivity index (χ0) is 19.2. The van der Waals surface area contributed by atoms with Gasteiger partial charge in [0.2, 0.25) is 0 Å². The molecule has 0 bridgehead atoms. The molecule has 27 heavy (non-hydrogen) atoms. The smallest absolute Gasteiger partial charge is 0.255 e. The predicted octanol–water partition coefficient (Wildman–Crippen LogP) is 3.26. The minimum absolute atomic E-state index is 0.199. The van der Waals surface area contributed by atoms with Crippen molar-refractivity contribution in [3.63, 3.8) is 0 Å². The highest BCUT2D eigenvalue weighted by Crippen LogP contribution is 2.15. The van der Waals surface area contributed by atoms with E-state index in [2.05, 4.69) is 15.6 Å². The van der Waals surface area contributed by atoms with E-state index < -0.39 is 0 Å². The summed E-state index contributed by atoms with van der Waals surface area (Å²) < 4.78 is 0. The van der Waals surface area contributed by atoms with Crippen molar-refractivity contribution in [2.75, 3.05) is 17.6 Å². The molecule has 2 amide bonds. The molecular weight excluding hydrogens is 360 g/mol. The van der Waals surface area contributed by atoms with Crippen LogP contribution in [0.1, 0.15) is 31.2 Å². The van der Waals surface area contributed by atoms with Gasteiger partial charge in [0.25, 0.3) is 11.8 Å². The summed E-state index contributed by atoms with van der Waals surface area (Å²) in [5.41, 5.74) is 7.77. The number of benzene rings is 1. The number of nitrogen functional groups attached to an aromatic ring is 1. The van der Waals surface area contributed by atoms with Crippen LogP contribution >= 0.6 is 11.3 Å². The Morgan fingerprint density at radius 1 is 1.15 bits per heavy atom. The number of aromatic nitrogens is 1. The van der Waals surface area contributed by atoms with Gasteiger partial charge in [-0.05, 0) is 54.6 Å². The number of hydrogen-bond acceptors (Lipinski definition) is 5. The Bertz CT molecular complexity index is 937. The van der Waals surface area contributed by atoms with Crippen LogP contribution in [0.15, 0.2) is 54.0 Å². The second kappa shape index (κ2) is 8.46. The molecule has 7 heteroatoms. The van der Waals surface area contributed by atoms with Gasteiger partial charge in [-0.2, -0.15) is 0 Å². The second-order valence-electron chi connectivity index (χ2n) is 6.04. The maximum atomic E-state index is 12.6. The second-order valence-corrected chi connectivity index (χ2v) is 7.07. The molecule has 0 spiro atoms. The number of aryl methyl sites for hydroxylation is 1. The van der Waals surface area contributed by atoms with Gasteiger partial charge in [-0.1, -0.05) is 12.1 Å². The van der Waals surface area contributed by atoms with E-state index in [4.69, 9.17) is 5.73 Å². The van der Waals surface area contributed by atoms with Gasteiger partial charge in [0, 0.05) is 22.5 Å². The van der Waals surface area contributed by atoms with Crippen molar-refractivity contribution in [3.8, 4) is 0 Å². The maximum absolute atomic E-state index is 12.6. The summed E-state index contributed by atoms with van der Waals surface area (Å²) in [5.74, 6) is -0.118. The molecule has 6 nitrogen and oxygen atoms in total. The lowest BCUT2D eigenvalue weighted by Crippen LogP contribution is -2.26. The van der Waals surface area contributed by atoms with Crippen LogP contribution in [-0.2, 0) is 6.42 Å². The molecule has 0 saturated heterocycles. The summed E-state index contributed by atoms with van der Waals surface area (Å²) >= 11 is 1.66. The molecule has 0 unspecified atom stereocenters. The van der Waals surface area contributed by atoms with Crippen molar-refractivity contribution in [1.29, 1.82) is 0 Å². The Labute approximate surface area is 161 Å². The van der Waals surface area contributed by atoms with Crippen molar-refractivity contribution < 1.29 is 9.59 Å². The zero-order valence-corrected chi connectivity index (χ0v) is 15.7. The molecule has 0 saturated carbocycles. The van der Waals surface area contributed by atoms with Gasteiger partial charge in [-0.3, -0.25) is 9.59 Å². The fraction of sp³-hybridized carbons (Fsp3) is 0.150. The van der Waals surface area contributed by atoms with Crippen LogP contribution in [0.4, 0.5) is 11.5 Å². The van der Waals surface area contributed by atoms with E-state index in [-0.39, 0.29) is 11.8 Å². The highest BCUT2D eigenvalue weighted by Gasteiger charge is 2.14. The number of nitrogens with two attached hydrogens (primary N) is 1. The Balaban J connectivity index is 1.66. The molecule has 0 fully saturated rings. The largest absolute Gasteiger partial charge is 0.384 e. The van der Waals surface area contributed by atoms with Gasteiger partial charge in [0.1, 0.15) is 5.82 Å². The first-order chi connectivity index (χ1) is 13.0. The summed E-state index contributed by atoms with van der Waals surface area (Å²) in [6.45, 7) is 2.38. The number of anilines is 2. The number of pyridine rings is 1. The van der Waals surface area contributed by atoms with Gasteiger partial charge in [-0.15, -0.1) is 11.3 Å². The maximum Gasteiger partial charge on any atom is 0.255 e. The number of rotatable bonds is 6. The van der Waals surface area contributed by atoms with Crippen LogP contribution in [0, 0.1) is 6.92 Å². The first-order valence-corrected chi connectivity index (χ1v) is 9.35. The van der Waals surface area contributed by atoms with Crippen LogP contribution < -0.4 is 16.4 Å². The van der Waals surface area contributed by atoms with E-state index in [1.165, 1.54) is 11.1 Å².